The third kappa shape index (κ3) is 4.78. The highest BCUT2D eigenvalue weighted by Crippen LogP contribution is 2.31. The summed E-state index contributed by atoms with van der Waals surface area (Å²) in [7, 11) is 1.65. The number of para-hydroxylation sites is 1. The first-order chi connectivity index (χ1) is 15.9. The van der Waals surface area contributed by atoms with Crippen LogP contribution in [0.1, 0.15) is 35.1 Å². The van der Waals surface area contributed by atoms with Crippen molar-refractivity contribution < 1.29 is 19.1 Å². The van der Waals surface area contributed by atoms with Crippen LogP contribution in [0, 0.1) is 12.8 Å². The first-order valence-corrected chi connectivity index (χ1v) is 11.9. The van der Waals surface area contributed by atoms with E-state index in [4.69, 9.17) is 4.74 Å². The number of benzene rings is 1. The number of likely N-dealkylation sites (tertiary alicyclic amines) is 1. The molecule has 2 amide bonds. The van der Waals surface area contributed by atoms with Crippen LogP contribution in [0.15, 0.2) is 36.4 Å². The van der Waals surface area contributed by atoms with Crippen molar-refractivity contribution in [3.05, 3.63) is 47.0 Å². The number of carbonyl (C=O) groups excluding carboxylic acids is 3. The summed E-state index contributed by atoms with van der Waals surface area (Å²) in [6, 6.07) is 11.7. The van der Waals surface area contributed by atoms with Crippen LogP contribution in [0.2, 0.25) is 0 Å². The summed E-state index contributed by atoms with van der Waals surface area (Å²) in [5, 5.41) is 5.55. The lowest BCUT2D eigenvalue weighted by Gasteiger charge is -2.32. The maximum atomic E-state index is 13.1. The van der Waals surface area contributed by atoms with E-state index < -0.39 is 0 Å². The van der Waals surface area contributed by atoms with Crippen LogP contribution in [0.3, 0.4) is 0 Å². The number of aryl methyl sites for hydroxylation is 1. The van der Waals surface area contributed by atoms with E-state index in [1.807, 2.05) is 48.0 Å². The van der Waals surface area contributed by atoms with Gasteiger partial charge in [-0.2, -0.15) is 5.10 Å². The lowest BCUT2D eigenvalue weighted by atomic mass is 9.97. The van der Waals surface area contributed by atoms with Crippen LogP contribution in [-0.4, -0.2) is 70.7 Å². The SMILES string of the molecule is CCOC(=O)C1CCN(C(=O)CN(C)C(=O)c2cc3c(C)nn(-c4ccccc4)c3s2)CC1. The third-order valence-electron chi connectivity index (χ3n) is 5.94. The molecule has 1 aliphatic heterocycles. The molecule has 0 aliphatic carbocycles. The lowest BCUT2D eigenvalue weighted by molar-refractivity contribution is -0.151. The molecular formula is C24H28N4O4S. The summed E-state index contributed by atoms with van der Waals surface area (Å²) in [6.07, 6.45) is 1.18. The molecule has 3 aromatic rings. The highest BCUT2D eigenvalue weighted by molar-refractivity contribution is 7.20. The summed E-state index contributed by atoms with van der Waals surface area (Å²) in [4.78, 5) is 42.4. The largest absolute Gasteiger partial charge is 0.466 e. The molecule has 0 radical (unpaired) electrons. The average molecular weight is 469 g/mol. The van der Waals surface area contributed by atoms with Crippen molar-refractivity contribution >= 4 is 39.3 Å². The van der Waals surface area contributed by atoms with Crippen molar-refractivity contribution in [2.45, 2.75) is 26.7 Å². The van der Waals surface area contributed by atoms with Gasteiger partial charge in [-0.3, -0.25) is 14.4 Å². The van der Waals surface area contributed by atoms with Gasteiger partial charge in [0.15, 0.2) is 0 Å². The number of piperidine rings is 1. The molecular weight excluding hydrogens is 440 g/mol. The molecule has 3 heterocycles. The summed E-state index contributed by atoms with van der Waals surface area (Å²) in [6.45, 7) is 5.08. The quantitative estimate of drug-likeness (QED) is 0.519. The van der Waals surface area contributed by atoms with Gasteiger partial charge in [0.25, 0.3) is 5.91 Å². The molecule has 8 nitrogen and oxygen atoms in total. The molecule has 1 fully saturated rings. The number of carbonyl (C=O) groups is 3. The molecule has 0 bridgehead atoms. The lowest BCUT2D eigenvalue weighted by Crippen LogP contribution is -2.45. The van der Waals surface area contributed by atoms with Crippen molar-refractivity contribution in [1.82, 2.24) is 19.6 Å². The number of hydrogen-bond acceptors (Lipinski definition) is 6. The minimum Gasteiger partial charge on any atom is -0.466 e. The second-order valence-electron chi connectivity index (χ2n) is 8.23. The Balaban J connectivity index is 1.41. The number of nitrogens with zero attached hydrogens (tertiary/aromatic N) is 4. The zero-order valence-corrected chi connectivity index (χ0v) is 19.9. The van der Waals surface area contributed by atoms with Gasteiger partial charge < -0.3 is 14.5 Å². The first-order valence-electron chi connectivity index (χ1n) is 11.1. The maximum Gasteiger partial charge on any atom is 0.309 e. The topological polar surface area (TPSA) is 84.7 Å². The molecule has 33 heavy (non-hydrogen) atoms. The summed E-state index contributed by atoms with van der Waals surface area (Å²) >= 11 is 1.38. The zero-order chi connectivity index (χ0) is 23.5. The van der Waals surface area contributed by atoms with Crippen LogP contribution in [0.5, 0.6) is 0 Å². The van der Waals surface area contributed by atoms with E-state index in [9.17, 15) is 14.4 Å². The summed E-state index contributed by atoms with van der Waals surface area (Å²) in [5.74, 6) is -0.642. The summed E-state index contributed by atoms with van der Waals surface area (Å²) < 4.78 is 6.94. The molecule has 174 valence electrons. The second kappa shape index (κ2) is 9.74. The number of ether oxygens (including phenoxy) is 1. The Morgan fingerprint density at radius 2 is 1.88 bits per heavy atom. The van der Waals surface area contributed by atoms with E-state index in [2.05, 4.69) is 5.10 Å². The van der Waals surface area contributed by atoms with Gasteiger partial charge in [-0.1, -0.05) is 18.2 Å². The van der Waals surface area contributed by atoms with Crippen LogP contribution >= 0.6 is 11.3 Å². The molecule has 1 aliphatic rings. The molecule has 0 spiro atoms. The van der Waals surface area contributed by atoms with Gasteiger partial charge in [0.2, 0.25) is 5.91 Å². The van der Waals surface area contributed by atoms with Crippen molar-refractivity contribution in [3.63, 3.8) is 0 Å². The molecule has 9 heteroatoms. The molecule has 0 unspecified atom stereocenters. The van der Waals surface area contributed by atoms with Gasteiger partial charge >= 0.3 is 5.97 Å². The fraction of sp³-hybridized carbons (Fsp3) is 0.417. The molecule has 1 saturated heterocycles. The monoisotopic (exact) mass is 468 g/mol. The van der Waals surface area contributed by atoms with Crippen LogP contribution < -0.4 is 0 Å². The number of fused-ring (bicyclic) bond motifs is 1. The maximum absolute atomic E-state index is 13.1. The van der Waals surface area contributed by atoms with Gasteiger partial charge in [0.05, 0.1) is 35.3 Å². The van der Waals surface area contributed by atoms with Crippen LogP contribution in [0.25, 0.3) is 15.9 Å². The number of likely N-dealkylation sites (N-methyl/N-ethyl adjacent to an activating group) is 1. The third-order valence-corrected chi connectivity index (χ3v) is 7.04. The van der Waals surface area contributed by atoms with E-state index in [0.29, 0.717) is 37.4 Å². The standard InChI is InChI=1S/C24H28N4O4S/c1-4-32-24(31)17-10-12-27(13-11-17)21(29)15-26(3)22(30)20-14-19-16(2)25-28(23(19)33-20)18-8-6-5-7-9-18/h5-9,14,17H,4,10-13,15H2,1-3H3. The number of aromatic nitrogens is 2. The Kier molecular flexibility index (Phi) is 6.78. The molecule has 2 aromatic heterocycles. The smallest absolute Gasteiger partial charge is 0.309 e. The Morgan fingerprint density at radius 1 is 1.18 bits per heavy atom. The number of rotatable bonds is 6. The number of amides is 2. The predicted octanol–water partition coefficient (Wildman–Crippen LogP) is 3.27. The Bertz CT molecular complexity index is 1160. The van der Waals surface area contributed by atoms with E-state index in [1.165, 1.54) is 16.2 Å². The van der Waals surface area contributed by atoms with Gasteiger partial charge in [0.1, 0.15) is 4.83 Å². The molecule has 1 aromatic carbocycles. The van der Waals surface area contributed by atoms with E-state index in [0.717, 1.165) is 21.6 Å². The Labute approximate surface area is 196 Å². The van der Waals surface area contributed by atoms with Crippen LogP contribution in [0.4, 0.5) is 0 Å². The predicted molar refractivity (Wildman–Crippen MR) is 127 cm³/mol. The Morgan fingerprint density at radius 3 is 2.55 bits per heavy atom. The highest BCUT2D eigenvalue weighted by atomic mass is 32.1. The minimum absolute atomic E-state index is 0.000937. The van der Waals surface area contributed by atoms with Crippen molar-refractivity contribution in [1.29, 1.82) is 0 Å². The minimum atomic E-state index is -0.190. The van der Waals surface area contributed by atoms with Crippen LogP contribution in [-0.2, 0) is 14.3 Å². The van der Waals surface area contributed by atoms with E-state index in [1.54, 1.807) is 18.9 Å². The zero-order valence-electron chi connectivity index (χ0n) is 19.1. The van der Waals surface area contributed by atoms with Gasteiger partial charge in [-0.15, -0.1) is 11.3 Å². The van der Waals surface area contributed by atoms with Gasteiger partial charge in [-0.05, 0) is 44.9 Å². The molecule has 0 saturated carbocycles. The van der Waals surface area contributed by atoms with Crippen molar-refractivity contribution in [3.8, 4) is 5.69 Å². The molecule has 4 rings (SSSR count). The van der Waals surface area contributed by atoms with Crippen molar-refractivity contribution in [2.75, 3.05) is 33.3 Å². The van der Waals surface area contributed by atoms with E-state index >= 15 is 0 Å². The molecule has 0 N–H and O–H groups in total. The van der Waals surface area contributed by atoms with Gasteiger partial charge in [-0.25, -0.2) is 4.68 Å². The number of hydrogen-bond donors (Lipinski definition) is 0. The highest BCUT2D eigenvalue weighted by Gasteiger charge is 2.29. The average Bonchev–Trinajstić information content (AvgIpc) is 3.40. The second-order valence-corrected chi connectivity index (χ2v) is 9.26. The number of esters is 1. The Hall–Kier alpha value is -3.20. The van der Waals surface area contributed by atoms with Crippen molar-refractivity contribution in [2.24, 2.45) is 5.92 Å². The summed E-state index contributed by atoms with van der Waals surface area (Å²) in [5.41, 5.74) is 1.79. The van der Waals surface area contributed by atoms with E-state index in [-0.39, 0.29) is 30.2 Å². The normalized spacial score (nSPS) is 14.5. The van der Waals surface area contributed by atoms with Gasteiger partial charge in [0, 0.05) is 25.5 Å². The first kappa shape index (κ1) is 23.0. The fourth-order valence-electron chi connectivity index (χ4n) is 4.08. The fourth-order valence-corrected chi connectivity index (χ4v) is 5.26. The number of thiophene rings is 1. The molecule has 0 atom stereocenters.